The molecule has 0 fully saturated rings. The highest BCUT2D eigenvalue weighted by Gasteiger charge is 2.20. The molecule has 112 valence electrons. The number of carbonyl (C=O) groups excluding carboxylic acids is 1. The molecule has 0 spiro atoms. The second kappa shape index (κ2) is 8.05. The number of hydrogen-bond donors (Lipinski definition) is 2. The van der Waals surface area contributed by atoms with Crippen molar-refractivity contribution in [3.8, 4) is 0 Å². The lowest BCUT2D eigenvalue weighted by atomic mass is 10.1. The molecule has 0 aliphatic carbocycles. The number of hydrogen-bond acceptors (Lipinski definition) is 2. The van der Waals surface area contributed by atoms with Gasteiger partial charge in [-0.05, 0) is 44.2 Å². The van der Waals surface area contributed by atoms with Gasteiger partial charge in [-0.1, -0.05) is 39.0 Å². The van der Waals surface area contributed by atoms with Gasteiger partial charge in [0.1, 0.15) is 0 Å². The van der Waals surface area contributed by atoms with Gasteiger partial charge in [-0.15, -0.1) is 0 Å². The predicted octanol–water partition coefficient (Wildman–Crippen LogP) is 3.80. The largest absolute Gasteiger partial charge is 0.324 e. The number of benzene rings is 1. The fourth-order valence-corrected chi connectivity index (χ4v) is 2.41. The van der Waals surface area contributed by atoms with Crippen molar-refractivity contribution in [2.75, 3.05) is 5.32 Å². The van der Waals surface area contributed by atoms with Gasteiger partial charge in [-0.3, -0.25) is 4.79 Å². The number of anilines is 1. The Hall–Kier alpha value is -1.35. The van der Waals surface area contributed by atoms with E-state index in [1.807, 2.05) is 39.0 Å². The van der Waals surface area contributed by atoms with Crippen molar-refractivity contribution in [1.29, 1.82) is 0 Å². The van der Waals surface area contributed by atoms with Crippen LogP contribution in [0.1, 0.15) is 51.2 Å². The molecule has 1 amide bonds. The Morgan fingerprint density at radius 2 is 1.60 bits per heavy atom. The van der Waals surface area contributed by atoms with Crippen molar-refractivity contribution in [1.82, 2.24) is 5.32 Å². The van der Waals surface area contributed by atoms with E-state index < -0.39 is 0 Å². The van der Waals surface area contributed by atoms with Crippen molar-refractivity contribution in [3.05, 3.63) is 29.3 Å². The average molecular weight is 276 g/mol. The first kappa shape index (κ1) is 16.7. The molecule has 20 heavy (non-hydrogen) atoms. The first-order chi connectivity index (χ1) is 9.53. The zero-order valence-electron chi connectivity index (χ0n) is 13.4. The molecule has 3 nitrogen and oxygen atoms in total. The second-order valence-corrected chi connectivity index (χ2v) is 5.40. The number of carbonyl (C=O) groups is 1. The summed E-state index contributed by atoms with van der Waals surface area (Å²) in [4.78, 5) is 12.4. The van der Waals surface area contributed by atoms with Gasteiger partial charge < -0.3 is 10.6 Å². The highest BCUT2D eigenvalue weighted by atomic mass is 16.2. The Morgan fingerprint density at radius 1 is 1.05 bits per heavy atom. The third-order valence-electron chi connectivity index (χ3n) is 3.88. The molecule has 0 saturated heterocycles. The quantitative estimate of drug-likeness (QED) is 0.795. The van der Waals surface area contributed by atoms with E-state index >= 15 is 0 Å². The van der Waals surface area contributed by atoms with Gasteiger partial charge in [0, 0.05) is 11.7 Å². The van der Waals surface area contributed by atoms with Gasteiger partial charge in [0.2, 0.25) is 5.91 Å². The summed E-state index contributed by atoms with van der Waals surface area (Å²) in [5, 5.41) is 6.53. The molecule has 0 saturated carbocycles. The summed E-state index contributed by atoms with van der Waals surface area (Å²) in [6.07, 6.45) is 2.89. The number of aryl methyl sites for hydroxylation is 2. The minimum Gasteiger partial charge on any atom is -0.324 e. The third kappa shape index (κ3) is 4.34. The van der Waals surface area contributed by atoms with Crippen molar-refractivity contribution in [2.24, 2.45) is 0 Å². The minimum absolute atomic E-state index is 0.0665. The van der Waals surface area contributed by atoms with Gasteiger partial charge in [0.05, 0.1) is 6.04 Å². The molecule has 1 rings (SSSR count). The zero-order valence-corrected chi connectivity index (χ0v) is 13.4. The Labute approximate surface area is 123 Å². The summed E-state index contributed by atoms with van der Waals surface area (Å²) in [5.41, 5.74) is 3.16. The average Bonchev–Trinajstić information content (AvgIpc) is 2.44. The van der Waals surface area contributed by atoms with Gasteiger partial charge >= 0.3 is 0 Å². The summed E-state index contributed by atoms with van der Waals surface area (Å²) in [7, 11) is 0. The molecule has 3 heteroatoms. The highest BCUT2D eigenvalue weighted by Crippen LogP contribution is 2.19. The Bertz CT molecular complexity index is 418. The summed E-state index contributed by atoms with van der Waals surface area (Å²) >= 11 is 0. The van der Waals surface area contributed by atoms with Crippen molar-refractivity contribution >= 4 is 11.6 Å². The van der Waals surface area contributed by atoms with E-state index in [0.717, 1.165) is 36.1 Å². The Balaban J connectivity index is 2.77. The summed E-state index contributed by atoms with van der Waals surface area (Å²) in [6.45, 7) is 10.4. The van der Waals surface area contributed by atoms with Gasteiger partial charge in [0.25, 0.3) is 0 Å². The zero-order chi connectivity index (χ0) is 15.1. The van der Waals surface area contributed by atoms with E-state index in [4.69, 9.17) is 0 Å². The van der Waals surface area contributed by atoms with E-state index in [1.165, 1.54) is 0 Å². The van der Waals surface area contributed by atoms with Crippen molar-refractivity contribution < 1.29 is 4.79 Å². The van der Waals surface area contributed by atoms with Crippen molar-refractivity contribution in [3.63, 3.8) is 0 Å². The molecule has 1 aromatic rings. The topological polar surface area (TPSA) is 41.1 Å². The molecule has 2 N–H and O–H groups in total. The van der Waals surface area contributed by atoms with Crippen LogP contribution in [0.5, 0.6) is 0 Å². The van der Waals surface area contributed by atoms with Crippen LogP contribution >= 0.6 is 0 Å². The molecule has 0 heterocycles. The SMILES string of the molecule is CCC(CC)NC(CC)C(=O)Nc1c(C)cccc1C. The predicted molar refractivity (Wildman–Crippen MR) is 86.1 cm³/mol. The fraction of sp³-hybridized carbons (Fsp3) is 0.588. The molecular formula is C17H28N2O. The molecule has 1 unspecified atom stereocenters. The first-order valence-electron chi connectivity index (χ1n) is 7.66. The van der Waals surface area contributed by atoms with E-state index in [1.54, 1.807) is 0 Å². The van der Waals surface area contributed by atoms with E-state index in [2.05, 4.69) is 24.5 Å². The number of amides is 1. The number of rotatable bonds is 7. The van der Waals surface area contributed by atoms with E-state index in [-0.39, 0.29) is 11.9 Å². The lowest BCUT2D eigenvalue weighted by molar-refractivity contribution is -0.118. The molecule has 1 aromatic carbocycles. The summed E-state index contributed by atoms with van der Waals surface area (Å²) in [5.74, 6) is 0.0665. The molecular weight excluding hydrogens is 248 g/mol. The Morgan fingerprint density at radius 3 is 2.05 bits per heavy atom. The van der Waals surface area contributed by atoms with Crippen LogP contribution in [-0.2, 0) is 4.79 Å². The van der Waals surface area contributed by atoms with Gasteiger partial charge in [0.15, 0.2) is 0 Å². The van der Waals surface area contributed by atoms with Crippen LogP contribution in [0.2, 0.25) is 0 Å². The molecule has 0 bridgehead atoms. The van der Waals surface area contributed by atoms with E-state index in [9.17, 15) is 4.79 Å². The molecule has 0 aliphatic heterocycles. The monoisotopic (exact) mass is 276 g/mol. The van der Waals surface area contributed by atoms with E-state index in [0.29, 0.717) is 6.04 Å². The van der Waals surface area contributed by atoms with Crippen LogP contribution in [0.4, 0.5) is 5.69 Å². The smallest absolute Gasteiger partial charge is 0.241 e. The third-order valence-corrected chi connectivity index (χ3v) is 3.88. The second-order valence-electron chi connectivity index (χ2n) is 5.40. The molecule has 1 atom stereocenters. The maximum Gasteiger partial charge on any atom is 0.241 e. The fourth-order valence-electron chi connectivity index (χ4n) is 2.41. The van der Waals surface area contributed by atoms with Gasteiger partial charge in [-0.2, -0.15) is 0 Å². The van der Waals surface area contributed by atoms with Crippen LogP contribution < -0.4 is 10.6 Å². The standard InChI is InChI=1S/C17H28N2O/c1-6-14(7-2)18-15(8-3)17(20)19-16-12(4)10-9-11-13(16)5/h9-11,14-15,18H,6-8H2,1-5H3,(H,19,20). The Kier molecular flexibility index (Phi) is 6.73. The van der Waals surface area contributed by atoms with Crippen LogP contribution in [0.25, 0.3) is 0 Å². The lowest BCUT2D eigenvalue weighted by Crippen LogP contribution is -2.45. The van der Waals surface area contributed by atoms with Crippen LogP contribution in [0.3, 0.4) is 0 Å². The normalized spacial score (nSPS) is 12.5. The number of nitrogens with one attached hydrogen (secondary N) is 2. The molecule has 0 aromatic heterocycles. The molecule has 0 radical (unpaired) electrons. The van der Waals surface area contributed by atoms with Gasteiger partial charge in [-0.25, -0.2) is 0 Å². The summed E-state index contributed by atoms with van der Waals surface area (Å²) < 4.78 is 0. The first-order valence-corrected chi connectivity index (χ1v) is 7.66. The lowest BCUT2D eigenvalue weighted by Gasteiger charge is -2.23. The maximum atomic E-state index is 12.4. The van der Waals surface area contributed by atoms with Crippen LogP contribution in [0.15, 0.2) is 18.2 Å². The highest BCUT2D eigenvalue weighted by molar-refractivity contribution is 5.96. The van der Waals surface area contributed by atoms with Crippen molar-refractivity contribution in [2.45, 2.75) is 66.0 Å². The molecule has 0 aliphatic rings. The van der Waals surface area contributed by atoms with Crippen LogP contribution in [-0.4, -0.2) is 18.0 Å². The minimum atomic E-state index is -0.126. The van der Waals surface area contributed by atoms with Crippen LogP contribution in [0, 0.1) is 13.8 Å². The number of para-hydroxylation sites is 1. The maximum absolute atomic E-state index is 12.4. The summed E-state index contributed by atoms with van der Waals surface area (Å²) in [6, 6.07) is 6.35.